The molecule has 1 saturated carbocycles. The Balaban J connectivity index is 1.94. The van der Waals surface area contributed by atoms with Gasteiger partial charge in [-0.2, -0.15) is 0 Å². The van der Waals surface area contributed by atoms with Gasteiger partial charge in [-0.3, -0.25) is 0 Å². The Morgan fingerprint density at radius 1 is 1.30 bits per heavy atom. The molecule has 1 aromatic carbocycles. The first-order chi connectivity index (χ1) is 9.66. The van der Waals surface area contributed by atoms with Gasteiger partial charge in [0.1, 0.15) is 5.75 Å². The van der Waals surface area contributed by atoms with Crippen LogP contribution < -0.4 is 10.1 Å². The highest BCUT2D eigenvalue weighted by atomic mass is 16.7. The van der Waals surface area contributed by atoms with E-state index in [1.165, 1.54) is 0 Å². The van der Waals surface area contributed by atoms with E-state index in [0.29, 0.717) is 12.3 Å². The Bertz CT molecular complexity index is 428. The predicted molar refractivity (Wildman–Crippen MR) is 75.7 cm³/mol. The van der Waals surface area contributed by atoms with Gasteiger partial charge in [-0.1, -0.05) is 18.2 Å². The molecule has 5 heteroatoms. The molecule has 1 fully saturated rings. The SMILES string of the molecule is COc1ccccc1C(O)CNC1CCC1(OC)OC. The number of aliphatic hydroxyl groups is 1. The maximum Gasteiger partial charge on any atom is 0.183 e. The van der Waals surface area contributed by atoms with Gasteiger partial charge < -0.3 is 24.6 Å². The summed E-state index contributed by atoms with van der Waals surface area (Å²) in [6.45, 7) is 0.430. The Kier molecular flexibility index (Phi) is 4.99. The largest absolute Gasteiger partial charge is 0.496 e. The van der Waals surface area contributed by atoms with Crippen molar-refractivity contribution >= 4 is 0 Å². The molecule has 0 bridgehead atoms. The van der Waals surface area contributed by atoms with Crippen LogP contribution in [-0.4, -0.2) is 44.8 Å². The van der Waals surface area contributed by atoms with Crippen molar-refractivity contribution in [1.29, 1.82) is 0 Å². The Labute approximate surface area is 119 Å². The third kappa shape index (κ3) is 2.81. The van der Waals surface area contributed by atoms with Crippen molar-refractivity contribution in [3.63, 3.8) is 0 Å². The molecular weight excluding hydrogens is 258 g/mol. The lowest BCUT2D eigenvalue weighted by molar-refractivity contribution is -0.268. The summed E-state index contributed by atoms with van der Waals surface area (Å²) >= 11 is 0. The van der Waals surface area contributed by atoms with E-state index < -0.39 is 11.9 Å². The molecule has 1 aliphatic rings. The zero-order chi connectivity index (χ0) is 14.6. The summed E-state index contributed by atoms with van der Waals surface area (Å²) in [6, 6.07) is 7.58. The third-order valence-electron chi connectivity index (χ3n) is 4.06. The van der Waals surface area contributed by atoms with E-state index in [0.717, 1.165) is 18.4 Å². The molecule has 0 aliphatic heterocycles. The quantitative estimate of drug-likeness (QED) is 0.741. The second-order valence-corrected chi connectivity index (χ2v) is 4.98. The molecule has 0 heterocycles. The topological polar surface area (TPSA) is 60.0 Å². The molecule has 5 nitrogen and oxygen atoms in total. The second kappa shape index (κ2) is 6.54. The van der Waals surface area contributed by atoms with Crippen molar-refractivity contribution in [2.24, 2.45) is 0 Å². The molecule has 0 radical (unpaired) electrons. The van der Waals surface area contributed by atoms with Crippen LogP contribution in [0.1, 0.15) is 24.5 Å². The van der Waals surface area contributed by atoms with Crippen molar-refractivity contribution in [2.75, 3.05) is 27.9 Å². The summed E-state index contributed by atoms with van der Waals surface area (Å²) in [6.07, 6.45) is 1.21. The maximum absolute atomic E-state index is 10.3. The van der Waals surface area contributed by atoms with Gasteiger partial charge in [-0.15, -0.1) is 0 Å². The molecule has 112 valence electrons. The van der Waals surface area contributed by atoms with Gasteiger partial charge in [0.05, 0.1) is 19.3 Å². The lowest BCUT2D eigenvalue weighted by atomic mass is 9.84. The van der Waals surface area contributed by atoms with Gasteiger partial charge in [0.25, 0.3) is 0 Å². The fraction of sp³-hybridized carbons (Fsp3) is 0.600. The number of para-hydroxylation sites is 1. The molecule has 2 rings (SSSR count). The van der Waals surface area contributed by atoms with Crippen LogP contribution in [0.15, 0.2) is 24.3 Å². The number of benzene rings is 1. The average Bonchev–Trinajstić information content (AvgIpc) is 2.47. The third-order valence-corrected chi connectivity index (χ3v) is 4.06. The fourth-order valence-corrected chi connectivity index (χ4v) is 2.66. The van der Waals surface area contributed by atoms with E-state index in [-0.39, 0.29) is 6.04 Å². The maximum atomic E-state index is 10.3. The van der Waals surface area contributed by atoms with Crippen molar-refractivity contribution < 1.29 is 19.3 Å². The highest BCUT2D eigenvalue weighted by Crippen LogP contribution is 2.36. The van der Waals surface area contributed by atoms with E-state index in [2.05, 4.69) is 5.32 Å². The standard InChI is InChI=1S/C15H23NO4/c1-18-13-7-5-4-6-11(13)12(17)10-16-14-8-9-15(14,19-2)20-3/h4-7,12,14,16-17H,8-10H2,1-3H3. The van der Waals surface area contributed by atoms with Crippen molar-refractivity contribution in [3.8, 4) is 5.75 Å². The Morgan fingerprint density at radius 2 is 2.00 bits per heavy atom. The van der Waals surface area contributed by atoms with Crippen LogP contribution >= 0.6 is 0 Å². The zero-order valence-corrected chi connectivity index (χ0v) is 12.3. The monoisotopic (exact) mass is 281 g/mol. The smallest absolute Gasteiger partial charge is 0.183 e. The molecule has 2 unspecified atom stereocenters. The fourth-order valence-electron chi connectivity index (χ4n) is 2.66. The minimum atomic E-state index is -0.627. The highest BCUT2D eigenvalue weighted by molar-refractivity contribution is 5.35. The Hall–Kier alpha value is -1.14. The van der Waals surface area contributed by atoms with Gasteiger partial charge >= 0.3 is 0 Å². The Morgan fingerprint density at radius 3 is 2.55 bits per heavy atom. The van der Waals surface area contributed by atoms with Crippen LogP contribution in [-0.2, 0) is 9.47 Å². The van der Waals surface area contributed by atoms with Crippen LogP contribution in [0.2, 0.25) is 0 Å². The van der Waals surface area contributed by atoms with Crippen LogP contribution in [0.25, 0.3) is 0 Å². The predicted octanol–water partition coefficient (Wildman–Crippen LogP) is 1.47. The minimum Gasteiger partial charge on any atom is -0.496 e. The number of hydrogen-bond acceptors (Lipinski definition) is 5. The van der Waals surface area contributed by atoms with E-state index in [9.17, 15) is 5.11 Å². The summed E-state index contributed by atoms with van der Waals surface area (Å²) in [5.41, 5.74) is 0.780. The molecule has 1 aliphatic carbocycles. The number of nitrogens with one attached hydrogen (secondary N) is 1. The second-order valence-electron chi connectivity index (χ2n) is 4.98. The lowest BCUT2D eigenvalue weighted by Crippen LogP contribution is -2.61. The molecule has 0 saturated heterocycles. The summed E-state index contributed by atoms with van der Waals surface area (Å²) < 4.78 is 16.1. The van der Waals surface area contributed by atoms with Gasteiger partial charge in [0.2, 0.25) is 0 Å². The highest BCUT2D eigenvalue weighted by Gasteiger charge is 2.47. The van der Waals surface area contributed by atoms with Gasteiger partial charge in [-0.05, 0) is 12.5 Å². The molecule has 20 heavy (non-hydrogen) atoms. The van der Waals surface area contributed by atoms with E-state index in [1.807, 2.05) is 24.3 Å². The molecule has 2 N–H and O–H groups in total. The normalized spacial score (nSPS) is 22.1. The number of aliphatic hydroxyl groups excluding tert-OH is 1. The molecular formula is C15H23NO4. The van der Waals surface area contributed by atoms with Gasteiger partial charge in [-0.25, -0.2) is 0 Å². The molecule has 0 amide bonds. The number of ether oxygens (including phenoxy) is 3. The molecule has 0 spiro atoms. The minimum absolute atomic E-state index is 0.0989. The summed E-state index contributed by atoms with van der Waals surface area (Å²) in [4.78, 5) is 0. The van der Waals surface area contributed by atoms with E-state index >= 15 is 0 Å². The van der Waals surface area contributed by atoms with E-state index in [1.54, 1.807) is 21.3 Å². The first-order valence-corrected chi connectivity index (χ1v) is 6.81. The first kappa shape index (κ1) is 15.3. The number of methoxy groups -OCH3 is 3. The molecule has 0 aromatic heterocycles. The summed E-state index contributed by atoms with van der Waals surface area (Å²) in [7, 11) is 4.90. The summed E-state index contributed by atoms with van der Waals surface area (Å²) in [5.74, 6) is 0.140. The first-order valence-electron chi connectivity index (χ1n) is 6.81. The molecule has 2 atom stereocenters. The van der Waals surface area contributed by atoms with Crippen LogP contribution in [0.3, 0.4) is 0 Å². The van der Waals surface area contributed by atoms with Crippen molar-refractivity contribution in [2.45, 2.75) is 30.8 Å². The lowest BCUT2D eigenvalue weighted by Gasteiger charge is -2.47. The van der Waals surface area contributed by atoms with Crippen LogP contribution in [0.5, 0.6) is 5.75 Å². The zero-order valence-electron chi connectivity index (χ0n) is 12.3. The average molecular weight is 281 g/mol. The summed E-state index contributed by atoms with van der Waals surface area (Å²) in [5, 5.41) is 13.6. The number of hydrogen-bond donors (Lipinski definition) is 2. The molecule has 1 aromatic rings. The van der Waals surface area contributed by atoms with Crippen molar-refractivity contribution in [1.82, 2.24) is 5.32 Å². The van der Waals surface area contributed by atoms with Crippen molar-refractivity contribution in [3.05, 3.63) is 29.8 Å². The van der Waals surface area contributed by atoms with Crippen LogP contribution in [0, 0.1) is 0 Å². The van der Waals surface area contributed by atoms with E-state index in [4.69, 9.17) is 14.2 Å². The van der Waals surface area contributed by atoms with Gasteiger partial charge in [0.15, 0.2) is 5.79 Å². The van der Waals surface area contributed by atoms with Gasteiger partial charge in [0, 0.05) is 32.7 Å². The van der Waals surface area contributed by atoms with Crippen LogP contribution in [0.4, 0.5) is 0 Å². The number of rotatable bonds is 7.